The number of nitrogens with zero attached hydrogens (tertiary/aromatic N) is 2. The fourth-order valence-corrected chi connectivity index (χ4v) is 4.00. The molecule has 0 spiro atoms. The highest BCUT2D eigenvalue weighted by Gasteiger charge is 2.41. The van der Waals surface area contributed by atoms with E-state index in [1.165, 1.54) is 11.3 Å². The lowest BCUT2D eigenvalue weighted by Gasteiger charge is -2.29. The molecule has 5 heteroatoms. The summed E-state index contributed by atoms with van der Waals surface area (Å²) in [4.78, 5) is 30.1. The molecule has 0 bridgehead atoms. The summed E-state index contributed by atoms with van der Waals surface area (Å²) in [6.07, 6.45) is 3.26. The Kier molecular flexibility index (Phi) is 5.23. The molecule has 4 rings (SSSR count). The summed E-state index contributed by atoms with van der Waals surface area (Å²) >= 11 is 5.96. The maximum absolute atomic E-state index is 13.3. The number of carbonyl (C=O) groups is 2. The van der Waals surface area contributed by atoms with Gasteiger partial charge in [-0.3, -0.25) is 14.5 Å². The quantitative estimate of drug-likeness (QED) is 0.721. The summed E-state index contributed by atoms with van der Waals surface area (Å²) in [7, 11) is 0. The van der Waals surface area contributed by atoms with E-state index in [0.29, 0.717) is 16.3 Å². The number of piperidine rings is 1. The third-order valence-corrected chi connectivity index (χ3v) is 5.66. The first-order chi connectivity index (χ1) is 13.5. The third kappa shape index (κ3) is 3.57. The molecule has 2 aliphatic rings. The summed E-state index contributed by atoms with van der Waals surface area (Å²) in [6, 6.07) is 15.1. The summed E-state index contributed by atoms with van der Waals surface area (Å²) in [5.74, 6) is -0.415. The van der Waals surface area contributed by atoms with E-state index in [1.807, 2.05) is 43.3 Å². The minimum atomic E-state index is -0.218. The number of hydrogen-bond donors (Lipinski definition) is 0. The number of carbonyl (C=O) groups excluding carboxylic acids is 2. The first-order valence-electron chi connectivity index (χ1n) is 9.71. The molecule has 1 fully saturated rings. The summed E-state index contributed by atoms with van der Waals surface area (Å²) in [6.45, 7) is 3.90. The Morgan fingerprint density at radius 3 is 2.14 bits per heavy atom. The van der Waals surface area contributed by atoms with Gasteiger partial charge in [0.05, 0.1) is 12.1 Å². The summed E-state index contributed by atoms with van der Waals surface area (Å²) < 4.78 is 0. The number of amides is 2. The van der Waals surface area contributed by atoms with Crippen LogP contribution in [0.1, 0.15) is 36.0 Å². The maximum atomic E-state index is 13.3. The van der Waals surface area contributed by atoms with Gasteiger partial charge in [-0.2, -0.15) is 0 Å². The van der Waals surface area contributed by atoms with Crippen molar-refractivity contribution in [2.75, 3.05) is 13.1 Å². The molecule has 144 valence electrons. The van der Waals surface area contributed by atoms with Crippen LogP contribution in [0.15, 0.2) is 54.2 Å². The minimum absolute atomic E-state index is 0.197. The van der Waals surface area contributed by atoms with Gasteiger partial charge in [-0.25, -0.2) is 0 Å². The highest BCUT2D eigenvalue weighted by atomic mass is 35.5. The van der Waals surface area contributed by atoms with E-state index in [0.717, 1.165) is 42.6 Å². The highest BCUT2D eigenvalue weighted by Crippen LogP contribution is 2.34. The van der Waals surface area contributed by atoms with E-state index in [4.69, 9.17) is 11.6 Å². The molecule has 2 aromatic rings. The Balaban J connectivity index is 1.72. The van der Waals surface area contributed by atoms with Crippen molar-refractivity contribution in [2.45, 2.75) is 32.7 Å². The molecular formula is C23H23ClN2O2. The molecule has 0 atom stereocenters. The lowest BCUT2D eigenvalue weighted by atomic mass is 10.0. The van der Waals surface area contributed by atoms with E-state index in [1.54, 1.807) is 12.1 Å². The van der Waals surface area contributed by atoms with Gasteiger partial charge in [0.1, 0.15) is 5.70 Å². The Labute approximate surface area is 170 Å². The Bertz CT molecular complexity index is 926. The van der Waals surface area contributed by atoms with Crippen molar-refractivity contribution in [3.8, 4) is 0 Å². The molecule has 2 aromatic carbocycles. The normalized spacial score (nSPS) is 17.6. The standard InChI is InChI=1S/C23H23ClN2O2/c1-16-5-9-18(10-6-16)20-21(25-13-3-2-4-14-25)23(28)26(22(20)27)15-17-7-11-19(24)12-8-17/h5-12H,2-4,13-15H2,1H3. The second-order valence-electron chi connectivity index (χ2n) is 7.46. The number of likely N-dealkylation sites (tertiary alicyclic amines) is 1. The van der Waals surface area contributed by atoms with Crippen LogP contribution in [0.2, 0.25) is 5.02 Å². The van der Waals surface area contributed by atoms with Gasteiger partial charge < -0.3 is 4.90 Å². The van der Waals surface area contributed by atoms with E-state index in [-0.39, 0.29) is 18.4 Å². The average molecular weight is 395 g/mol. The van der Waals surface area contributed by atoms with Gasteiger partial charge >= 0.3 is 0 Å². The van der Waals surface area contributed by atoms with Crippen molar-refractivity contribution in [3.05, 3.63) is 75.9 Å². The van der Waals surface area contributed by atoms with Crippen molar-refractivity contribution in [1.29, 1.82) is 0 Å². The molecule has 4 nitrogen and oxygen atoms in total. The first kappa shape index (κ1) is 18.8. The number of aryl methyl sites for hydroxylation is 1. The van der Waals surface area contributed by atoms with Crippen LogP contribution >= 0.6 is 11.6 Å². The van der Waals surface area contributed by atoms with Crippen LogP contribution in [0.4, 0.5) is 0 Å². The van der Waals surface area contributed by atoms with Gasteiger partial charge in [0.15, 0.2) is 0 Å². The van der Waals surface area contributed by atoms with Gasteiger partial charge in [-0.15, -0.1) is 0 Å². The fraction of sp³-hybridized carbons (Fsp3) is 0.304. The smallest absolute Gasteiger partial charge is 0.278 e. The van der Waals surface area contributed by atoms with E-state index in [2.05, 4.69) is 4.90 Å². The molecule has 28 heavy (non-hydrogen) atoms. The lowest BCUT2D eigenvalue weighted by Crippen LogP contribution is -2.36. The van der Waals surface area contributed by atoms with Crippen LogP contribution in [0.25, 0.3) is 5.57 Å². The monoisotopic (exact) mass is 394 g/mol. The van der Waals surface area contributed by atoms with Crippen LogP contribution in [-0.4, -0.2) is 34.7 Å². The van der Waals surface area contributed by atoms with Gasteiger partial charge in [0.25, 0.3) is 11.8 Å². The molecule has 0 radical (unpaired) electrons. The summed E-state index contributed by atoms with van der Waals surface area (Å²) in [5.41, 5.74) is 3.90. The second kappa shape index (κ2) is 7.80. The fourth-order valence-electron chi connectivity index (χ4n) is 3.87. The van der Waals surface area contributed by atoms with E-state index < -0.39 is 0 Å². The molecule has 0 aliphatic carbocycles. The third-order valence-electron chi connectivity index (χ3n) is 5.41. The molecule has 2 amide bonds. The number of benzene rings is 2. The number of rotatable bonds is 4. The average Bonchev–Trinajstić information content (AvgIpc) is 2.95. The molecule has 0 saturated carbocycles. The predicted octanol–water partition coefficient (Wildman–Crippen LogP) is 4.41. The summed E-state index contributed by atoms with van der Waals surface area (Å²) in [5, 5.41) is 0.635. The highest BCUT2D eigenvalue weighted by molar-refractivity contribution is 6.35. The number of imide groups is 1. The SMILES string of the molecule is Cc1ccc(C2=C(N3CCCCC3)C(=O)N(Cc3ccc(Cl)cc3)C2=O)cc1. The van der Waals surface area contributed by atoms with Crippen molar-refractivity contribution >= 4 is 29.0 Å². The van der Waals surface area contributed by atoms with Crippen molar-refractivity contribution in [1.82, 2.24) is 9.80 Å². The van der Waals surface area contributed by atoms with Gasteiger partial charge in [0, 0.05) is 18.1 Å². The zero-order valence-corrected chi connectivity index (χ0v) is 16.7. The zero-order chi connectivity index (χ0) is 19.7. The minimum Gasteiger partial charge on any atom is -0.366 e. The first-order valence-corrected chi connectivity index (χ1v) is 10.1. The van der Waals surface area contributed by atoms with Gasteiger partial charge in [0.2, 0.25) is 0 Å². The lowest BCUT2D eigenvalue weighted by molar-refractivity contribution is -0.138. The van der Waals surface area contributed by atoms with Crippen molar-refractivity contribution in [3.63, 3.8) is 0 Å². The van der Waals surface area contributed by atoms with Gasteiger partial charge in [-0.1, -0.05) is 53.6 Å². The molecule has 0 N–H and O–H groups in total. The molecule has 2 heterocycles. The van der Waals surface area contributed by atoms with Crippen molar-refractivity contribution in [2.24, 2.45) is 0 Å². The van der Waals surface area contributed by atoms with Crippen molar-refractivity contribution < 1.29 is 9.59 Å². The maximum Gasteiger partial charge on any atom is 0.278 e. The molecule has 1 saturated heterocycles. The van der Waals surface area contributed by atoms with Crippen LogP contribution in [0, 0.1) is 6.92 Å². The van der Waals surface area contributed by atoms with E-state index >= 15 is 0 Å². The molecular weight excluding hydrogens is 372 g/mol. The predicted molar refractivity (Wildman–Crippen MR) is 111 cm³/mol. The Morgan fingerprint density at radius 2 is 1.50 bits per heavy atom. The zero-order valence-electron chi connectivity index (χ0n) is 16.0. The topological polar surface area (TPSA) is 40.6 Å². The van der Waals surface area contributed by atoms with Crippen LogP contribution < -0.4 is 0 Å². The van der Waals surface area contributed by atoms with Gasteiger partial charge in [-0.05, 0) is 49.4 Å². The van der Waals surface area contributed by atoms with Crippen LogP contribution in [0.3, 0.4) is 0 Å². The largest absolute Gasteiger partial charge is 0.366 e. The number of hydrogen-bond acceptors (Lipinski definition) is 3. The van der Waals surface area contributed by atoms with Crippen LogP contribution in [0.5, 0.6) is 0 Å². The van der Waals surface area contributed by atoms with Crippen LogP contribution in [-0.2, 0) is 16.1 Å². The Morgan fingerprint density at radius 1 is 0.857 bits per heavy atom. The Hall–Kier alpha value is -2.59. The van der Waals surface area contributed by atoms with E-state index in [9.17, 15) is 9.59 Å². The molecule has 2 aliphatic heterocycles. The second-order valence-corrected chi connectivity index (χ2v) is 7.90. The molecule has 0 unspecified atom stereocenters. The molecule has 0 aromatic heterocycles. The number of halogens is 1.